The Morgan fingerprint density at radius 1 is 1.30 bits per heavy atom. The number of carbonyl (C=O) groups is 2. The second-order valence-corrected chi connectivity index (χ2v) is 8.93. The third kappa shape index (κ3) is 5.52. The van der Waals surface area contributed by atoms with E-state index in [1.807, 2.05) is 6.08 Å². The Hall–Kier alpha value is -2.14. The number of carbonyl (C=O) groups excluding carboxylic acids is 1. The quantitative estimate of drug-likeness (QED) is 0.457. The summed E-state index contributed by atoms with van der Waals surface area (Å²) in [5, 5.41) is 13.0. The molecule has 4 nitrogen and oxygen atoms in total. The van der Waals surface area contributed by atoms with Crippen LogP contribution in [0.1, 0.15) is 25.0 Å². The van der Waals surface area contributed by atoms with Crippen molar-refractivity contribution >= 4 is 25.9 Å². The Bertz CT molecular complexity index is 648. The van der Waals surface area contributed by atoms with Gasteiger partial charge in [-0.25, -0.2) is 4.79 Å². The molecule has 0 aliphatic rings. The van der Waals surface area contributed by atoms with Crippen LogP contribution in [0.3, 0.4) is 0 Å². The molecule has 23 heavy (non-hydrogen) atoms. The molecule has 0 saturated carbocycles. The first-order valence-corrected chi connectivity index (χ1v) is 10.6. The summed E-state index contributed by atoms with van der Waals surface area (Å²) in [6.45, 7) is 11.3. The van der Waals surface area contributed by atoms with Crippen molar-refractivity contribution in [3.8, 4) is 0 Å². The van der Waals surface area contributed by atoms with E-state index in [9.17, 15) is 14.7 Å². The second-order valence-electron chi connectivity index (χ2n) is 6.00. The van der Waals surface area contributed by atoms with Crippen molar-refractivity contribution in [1.82, 2.24) is 5.32 Å². The van der Waals surface area contributed by atoms with Crippen molar-refractivity contribution in [3.05, 3.63) is 53.3 Å². The summed E-state index contributed by atoms with van der Waals surface area (Å²) in [4.78, 5) is 22.5. The van der Waals surface area contributed by atoms with Gasteiger partial charge in [0.15, 0.2) is 0 Å². The third-order valence-corrected chi connectivity index (χ3v) is 5.39. The number of hydrogen-bond acceptors (Lipinski definition) is 2. The molecule has 1 amide bonds. The molecule has 0 unspecified atom stereocenters. The second kappa shape index (κ2) is 8.48. The molecule has 0 bridgehead atoms. The zero-order valence-corrected chi connectivity index (χ0v) is 15.4. The summed E-state index contributed by atoms with van der Waals surface area (Å²) in [6.07, 6.45) is 3.23. The zero-order chi connectivity index (χ0) is 17.6. The highest BCUT2D eigenvalue weighted by Gasteiger charge is 2.15. The summed E-state index contributed by atoms with van der Waals surface area (Å²) in [6, 6.07) is 6.33. The highest BCUT2D eigenvalue weighted by atomic mass is 28.3. The average molecular weight is 331 g/mol. The van der Waals surface area contributed by atoms with Crippen LogP contribution < -0.4 is 10.5 Å². The number of hydrogen-bond donors (Lipinski definition) is 2. The summed E-state index contributed by atoms with van der Waals surface area (Å²) < 4.78 is 0. The molecule has 0 aliphatic heterocycles. The highest BCUT2D eigenvalue weighted by molar-refractivity contribution is 6.71. The van der Waals surface area contributed by atoms with Gasteiger partial charge in [0.1, 0.15) is 5.70 Å². The van der Waals surface area contributed by atoms with Gasteiger partial charge in [0.05, 0.1) is 8.80 Å². The molecule has 0 radical (unpaired) electrons. The van der Waals surface area contributed by atoms with Gasteiger partial charge >= 0.3 is 5.97 Å². The lowest BCUT2D eigenvalue weighted by Gasteiger charge is -2.16. The molecular weight excluding hydrogens is 306 g/mol. The molecule has 0 atom stereocenters. The van der Waals surface area contributed by atoms with Crippen molar-refractivity contribution in [3.63, 3.8) is 0 Å². The maximum atomic E-state index is 11.3. The van der Waals surface area contributed by atoms with Crippen LogP contribution in [0.5, 0.6) is 0 Å². The number of amides is 1. The van der Waals surface area contributed by atoms with Crippen molar-refractivity contribution in [2.45, 2.75) is 39.8 Å². The van der Waals surface area contributed by atoms with E-state index in [0.29, 0.717) is 12.0 Å². The Kier molecular flexibility index (Phi) is 6.97. The van der Waals surface area contributed by atoms with E-state index in [1.54, 1.807) is 6.92 Å². The smallest absolute Gasteiger partial charge is 0.352 e. The summed E-state index contributed by atoms with van der Waals surface area (Å²) >= 11 is 0. The van der Waals surface area contributed by atoms with E-state index < -0.39 is 14.8 Å². The van der Waals surface area contributed by atoms with Crippen molar-refractivity contribution < 1.29 is 14.7 Å². The maximum Gasteiger partial charge on any atom is 0.352 e. The Morgan fingerprint density at radius 3 is 2.43 bits per heavy atom. The number of carboxylic acids is 1. The van der Waals surface area contributed by atoms with Crippen LogP contribution in [0.4, 0.5) is 0 Å². The van der Waals surface area contributed by atoms with Crippen molar-refractivity contribution in [2.24, 2.45) is 0 Å². The van der Waals surface area contributed by atoms with Gasteiger partial charge in [0, 0.05) is 6.92 Å². The molecule has 0 heterocycles. The van der Waals surface area contributed by atoms with Crippen molar-refractivity contribution in [2.75, 3.05) is 0 Å². The molecule has 1 aromatic rings. The standard InChI is InChI=1S/C18H25NO3Si/c1-6-7-14-8-9-15(16(11-14)23(4)5)10-12(2)17(18(21)22)19-13(3)20/h6,8-9,11,23H,1,7,10H2,2-5H3,(H,19,20)(H,21,22). The van der Waals surface area contributed by atoms with E-state index in [0.717, 1.165) is 12.0 Å². The predicted octanol–water partition coefficient (Wildman–Crippen LogP) is 2.15. The fourth-order valence-electron chi connectivity index (χ4n) is 2.53. The van der Waals surface area contributed by atoms with E-state index in [4.69, 9.17) is 0 Å². The van der Waals surface area contributed by atoms with Gasteiger partial charge in [-0.15, -0.1) is 6.58 Å². The SMILES string of the molecule is C=CCc1ccc(CC(C)=C(NC(C)=O)C(=O)O)c([SiH](C)C)c1. The average Bonchev–Trinajstić information content (AvgIpc) is 2.45. The number of allylic oxidation sites excluding steroid dienone is 2. The zero-order valence-electron chi connectivity index (χ0n) is 14.3. The van der Waals surface area contributed by atoms with Crippen LogP contribution in [0.25, 0.3) is 0 Å². The van der Waals surface area contributed by atoms with Gasteiger partial charge in [-0.1, -0.05) is 42.6 Å². The molecule has 1 aromatic carbocycles. The lowest BCUT2D eigenvalue weighted by molar-refractivity contribution is -0.134. The lowest BCUT2D eigenvalue weighted by atomic mass is 10.0. The van der Waals surface area contributed by atoms with Gasteiger partial charge in [0.2, 0.25) is 5.91 Å². The van der Waals surface area contributed by atoms with Crippen LogP contribution >= 0.6 is 0 Å². The van der Waals surface area contributed by atoms with Crippen LogP contribution in [-0.4, -0.2) is 25.8 Å². The maximum absolute atomic E-state index is 11.3. The third-order valence-electron chi connectivity index (χ3n) is 3.61. The summed E-state index contributed by atoms with van der Waals surface area (Å²) in [5.41, 5.74) is 2.99. The Labute approximate surface area is 139 Å². The number of rotatable bonds is 7. The number of aliphatic carboxylic acids is 1. The fourth-order valence-corrected chi connectivity index (χ4v) is 4.02. The molecule has 0 aliphatic carbocycles. The van der Waals surface area contributed by atoms with Crippen LogP contribution in [-0.2, 0) is 22.4 Å². The minimum absolute atomic E-state index is 0.0240. The minimum atomic E-state index is -1.11. The first-order chi connectivity index (χ1) is 10.8. The monoisotopic (exact) mass is 331 g/mol. The topological polar surface area (TPSA) is 66.4 Å². The highest BCUT2D eigenvalue weighted by Crippen LogP contribution is 2.13. The van der Waals surface area contributed by atoms with E-state index in [1.165, 1.54) is 17.7 Å². The molecule has 1 rings (SSSR count). The molecular formula is C18H25NO3Si. The van der Waals surface area contributed by atoms with E-state index in [-0.39, 0.29) is 11.6 Å². The minimum Gasteiger partial charge on any atom is -0.477 e. The van der Waals surface area contributed by atoms with Crippen LogP contribution in [0, 0.1) is 0 Å². The molecule has 2 N–H and O–H groups in total. The van der Waals surface area contributed by atoms with Crippen LogP contribution in [0.15, 0.2) is 42.1 Å². The largest absolute Gasteiger partial charge is 0.477 e. The van der Waals surface area contributed by atoms with Gasteiger partial charge < -0.3 is 10.4 Å². The van der Waals surface area contributed by atoms with Gasteiger partial charge in [-0.2, -0.15) is 0 Å². The fraction of sp³-hybridized carbons (Fsp3) is 0.333. The Balaban J connectivity index is 3.22. The predicted molar refractivity (Wildman–Crippen MR) is 96.7 cm³/mol. The van der Waals surface area contributed by atoms with Gasteiger partial charge in [-0.05, 0) is 36.5 Å². The van der Waals surface area contributed by atoms with Gasteiger partial charge in [0.25, 0.3) is 0 Å². The first-order valence-electron chi connectivity index (χ1n) is 7.69. The van der Waals surface area contributed by atoms with Crippen LogP contribution in [0.2, 0.25) is 13.1 Å². The van der Waals surface area contributed by atoms with E-state index in [2.05, 4.69) is 43.2 Å². The molecule has 0 saturated heterocycles. The number of benzene rings is 1. The molecule has 0 aromatic heterocycles. The lowest BCUT2D eigenvalue weighted by Crippen LogP contribution is -2.29. The normalized spacial score (nSPS) is 11.9. The number of carboxylic acid groups (broad SMARTS) is 1. The summed E-state index contributed by atoms with van der Waals surface area (Å²) in [7, 11) is -1.06. The molecule has 0 fully saturated rings. The van der Waals surface area contributed by atoms with E-state index >= 15 is 0 Å². The van der Waals surface area contributed by atoms with Gasteiger partial charge in [-0.3, -0.25) is 4.79 Å². The molecule has 0 spiro atoms. The molecule has 5 heteroatoms. The molecule has 124 valence electrons. The number of nitrogens with one attached hydrogen (secondary N) is 1. The summed E-state index contributed by atoms with van der Waals surface area (Å²) in [5.74, 6) is -1.48. The van der Waals surface area contributed by atoms with Crippen molar-refractivity contribution in [1.29, 1.82) is 0 Å². The Morgan fingerprint density at radius 2 is 1.96 bits per heavy atom. The first kappa shape index (κ1) is 18.9.